The molecule has 0 atom stereocenters. The molecule has 0 rings (SSSR count). The molecular formula is C17H36N2O2S. The number of rotatable bonds is 18. The molecule has 0 aliphatic carbocycles. The Bertz CT molecular complexity index is 241. The lowest BCUT2D eigenvalue weighted by Gasteiger charge is -2.06. The third-order valence-electron chi connectivity index (χ3n) is 3.54. The number of nitrogens with one attached hydrogen (secondary N) is 2. The highest BCUT2D eigenvalue weighted by Gasteiger charge is 1.96. The van der Waals surface area contributed by atoms with Gasteiger partial charge in [0.15, 0.2) is 0 Å². The van der Waals surface area contributed by atoms with Crippen molar-refractivity contribution in [1.82, 2.24) is 10.6 Å². The first kappa shape index (κ1) is 21.7. The van der Waals surface area contributed by atoms with Crippen LogP contribution in [0.5, 0.6) is 0 Å². The van der Waals surface area contributed by atoms with Crippen LogP contribution in [0.2, 0.25) is 0 Å². The number of carboxylic acids is 1. The van der Waals surface area contributed by atoms with Crippen molar-refractivity contribution in [2.75, 3.05) is 37.7 Å². The van der Waals surface area contributed by atoms with E-state index < -0.39 is 5.97 Å². The van der Waals surface area contributed by atoms with Crippen molar-refractivity contribution in [2.45, 2.75) is 64.7 Å². The summed E-state index contributed by atoms with van der Waals surface area (Å²) < 4.78 is 0. The predicted octanol–water partition coefficient (Wildman–Crippen LogP) is 3.51. The number of aliphatic carboxylic acids is 1. The summed E-state index contributed by atoms with van der Waals surface area (Å²) in [7, 11) is 0. The normalized spacial score (nSPS) is 11.0. The van der Waals surface area contributed by atoms with E-state index in [1.807, 2.05) is 0 Å². The van der Waals surface area contributed by atoms with Crippen LogP contribution in [-0.2, 0) is 4.79 Å². The number of unbranched alkanes of at least 4 members (excludes halogenated alkanes) is 6. The summed E-state index contributed by atoms with van der Waals surface area (Å²) >= 11 is 1.73. The van der Waals surface area contributed by atoms with E-state index in [1.165, 1.54) is 44.9 Å². The first-order valence-corrected chi connectivity index (χ1v) is 10.1. The lowest BCUT2D eigenvalue weighted by Crippen LogP contribution is -2.28. The van der Waals surface area contributed by atoms with Crippen LogP contribution >= 0.6 is 11.8 Å². The second-order valence-electron chi connectivity index (χ2n) is 5.73. The van der Waals surface area contributed by atoms with Gasteiger partial charge >= 0.3 is 5.97 Å². The summed E-state index contributed by atoms with van der Waals surface area (Å²) in [6.07, 6.45) is 11.0. The van der Waals surface area contributed by atoms with Gasteiger partial charge in [-0.05, 0) is 31.7 Å². The zero-order valence-electron chi connectivity index (χ0n) is 14.4. The minimum atomic E-state index is -0.697. The number of carbonyl (C=O) groups is 1. The van der Waals surface area contributed by atoms with Gasteiger partial charge in [-0.15, -0.1) is 0 Å². The molecule has 0 unspecified atom stereocenters. The van der Waals surface area contributed by atoms with E-state index in [4.69, 9.17) is 5.11 Å². The number of hydrogen-bond donors (Lipinski definition) is 3. The SMILES string of the molecule is CCCCCCCCCNCCNCCCSCCC(=O)O. The molecule has 132 valence electrons. The Balaban J connectivity index is 2.95. The molecule has 0 aromatic carbocycles. The summed E-state index contributed by atoms with van der Waals surface area (Å²) in [5, 5.41) is 15.4. The van der Waals surface area contributed by atoms with Crippen molar-refractivity contribution in [3.05, 3.63) is 0 Å². The maximum Gasteiger partial charge on any atom is 0.304 e. The van der Waals surface area contributed by atoms with Crippen LogP contribution < -0.4 is 10.6 Å². The van der Waals surface area contributed by atoms with E-state index in [9.17, 15) is 4.79 Å². The fourth-order valence-electron chi connectivity index (χ4n) is 2.19. The lowest BCUT2D eigenvalue weighted by atomic mass is 10.1. The average Bonchev–Trinajstić information content (AvgIpc) is 2.50. The molecule has 0 aliphatic heterocycles. The minimum absolute atomic E-state index is 0.278. The molecule has 0 saturated carbocycles. The van der Waals surface area contributed by atoms with Crippen LogP contribution in [0.15, 0.2) is 0 Å². The topological polar surface area (TPSA) is 61.4 Å². The molecule has 0 fully saturated rings. The van der Waals surface area contributed by atoms with Gasteiger partial charge in [-0.3, -0.25) is 4.79 Å². The van der Waals surface area contributed by atoms with E-state index in [2.05, 4.69) is 17.6 Å². The fraction of sp³-hybridized carbons (Fsp3) is 0.941. The van der Waals surface area contributed by atoms with Crippen LogP contribution in [0, 0.1) is 0 Å². The van der Waals surface area contributed by atoms with Crippen molar-refractivity contribution in [1.29, 1.82) is 0 Å². The van der Waals surface area contributed by atoms with Gasteiger partial charge in [0.1, 0.15) is 0 Å². The Kier molecular flexibility index (Phi) is 18.6. The van der Waals surface area contributed by atoms with E-state index in [-0.39, 0.29) is 6.42 Å². The molecule has 4 nitrogen and oxygen atoms in total. The van der Waals surface area contributed by atoms with Crippen molar-refractivity contribution < 1.29 is 9.90 Å². The maximum absolute atomic E-state index is 10.3. The van der Waals surface area contributed by atoms with E-state index >= 15 is 0 Å². The average molecular weight is 333 g/mol. The van der Waals surface area contributed by atoms with Gasteiger partial charge < -0.3 is 15.7 Å². The molecule has 0 bridgehead atoms. The van der Waals surface area contributed by atoms with Gasteiger partial charge in [0.05, 0.1) is 6.42 Å². The molecule has 0 aromatic rings. The zero-order valence-corrected chi connectivity index (χ0v) is 15.2. The molecule has 5 heteroatoms. The summed E-state index contributed by atoms with van der Waals surface area (Å²) in [5.74, 6) is 1.08. The standard InChI is InChI=1S/C17H36N2O2S/c1-2-3-4-5-6-7-8-11-18-13-14-19-12-9-15-22-16-10-17(20)21/h18-19H,2-16H2,1H3,(H,20,21). The molecule has 0 radical (unpaired) electrons. The lowest BCUT2D eigenvalue weighted by molar-refractivity contribution is -0.136. The Morgan fingerprint density at radius 3 is 2.05 bits per heavy atom. The largest absolute Gasteiger partial charge is 0.481 e. The Morgan fingerprint density at radius 2 is 1.41 bits per heavy atom. The predicted molar refractivity (Wildman–Crippen MR) is 97.9 cm³/mol. The van der Waals surface area contributed by atoms with Crippen LogP contribution in [0.25, 0.3) is 0 Å². The van der Waals surface area contributed by atoms with Gasteiger partial charge in [-0.25, -0.2) is 0 Å². The fourth-order valence-corrected chi connectivity index (χ4v) is 3.07. The van der Waals surface area contributed by atoms with Crippen molar-refractivity contribution in [3.8, 4) is 0 Å². The van der Waals surface area contributed by atoms with E-state index in [0.29, 0.717) is 0 Å². The Labute approximate surface area is 141 Å². The van der Waals surface area contributed by atoms with Gasteiger partial charge in [-0.2, -0.15) is 11.8 Å². The second-order valence-corrected chi connectivity index (χ2v) is 6.96. The quantitative estimate of drug-likeness (QED) is 0.335. The van der Waals surface area contributed by atoms with Crippen molar-refractivity contribution in [2.24, 2.45) is 0 Å². The smallest absolute Gasteiger partial charge is 0.304 e. The van der Waals surface area contributed by atoms with Gasteiger partial charge in [0, 0.05) is 18.8 Å². The van der Waals surface area contributed by atoms with Crippen LogP contribution in [0.1, 0.15) is 64.7 Å². The second kappa shape index (κ2) is 18.8. The monoisotopic (exact) mass is 332 g/mol. The number of thioether (sulfide) groups is 1. The van der Waals surface area contributed by atoms with Gasteiger partial charge in [0.2, 0.25) is 0 Å². The van der Waals surface area contributed by atoms with Crippen LogP contribution in [-0.4, -0.2) is 48.8 Å². The molecule has 0 heterocycles. The minimum Gasteiger partial charge on any atom is -0.481 e. The first-order valence-electron chi connectivity index (χ1n) is 8.98. The molecule has 0 spiro atoms. The highest BCUT2D eigenvalue weighted by Crippen LogP contribution is 2.06. The molecule has 0 aromatic heterocycles. The van der Waals surface area contributed by atoms with Gasteiger partial charge in [0.25, 0.3) is 0 Å². The van der Waals surface area contributed by atoms with Gasteiger partial charge in [-0.1, -0.05) is 45.4 Å². The summed E-state index contributed by atoms with van der Waals surface area (Å²) in [6, 6.07) is 0. The zero-order chi connectivity index (χ0) is 16.3. The summed E-state index contributed by atoms with van der Waals surface area (Å²) in [5.41, 5.74) is 0. The first-order chi connectivity index (χ1) is 10.8. The van der Waals surface area contributed by atoms with E-state index in [1.54, 1.807) is 11.8 Å². The summed E-state index contributed by atoms with van der Waals surface area (Å²) in [6.45, 7) is 6.49. The molecule has 0 saturated heterocycles. The highest BCUT2D eigenvalue weighted by molar-refractivity contribution is 7.99. The molecular weight excluding hydrogens is 296 g/mol. The number of hydrogen-bond acceptors (Lipinski definition) is 4. The molecule has 0 aliphatic rings. The van der Waals surface area contributed by atoms with E-state index in [0.717, 1.165) is 44.1 Å². The molecule has 3 N–H and O–H groups in total. The number of carboxylic acid groups (broad SMARTS) is 1. The Hall–Kier alpha value is -0.260. The summed E-state index contributed by atoms with van der Waals surface area (Å²) in [4.78, 5) is 10.3. The third-order valence-corrected chi connectivity index (χ3v) is 4.61. The van der Waals surface area contributed by atoms with Crippen molar-refractivity contribution in [3.63, 3.8) is 0 Å². The molecule has 22 heavy (non-hydrogen) atoms. The highest BCUT2D eigenvalue weighted by atomic mass is 32.2. The molecule has 0 amide bonds. The maximum atomic E-state index is 10.3. The van der Waals surface area contributed by atoms with Crippen molar-refractivity contribution >= 4 is 17.7 Å². The van der Waals surface area contributed by atoms with Crippen LogP contribution in [0.3, 0.4) is 0 Å². The third kappa shape index (κ3) is 19.7. The van der Waals surface area contributed by atoms with Crippen LogP contribution in [0.4, 0.5) is 0 Å². The Morgan fingerprint density at radius 1 is 0.818 bits per heavy atom.